The molecule has 0 saturated carbocycles. The molecule has 0 bridgehead atoms. The van der Waals surface area contributed by atoms with Gasteiger partial charge in [0.1, 0.15) is 0 Å². The average molecular weight is 468 g/mol. The molecule has 1 aliphatic rings. The molecule has 154 valence electrons. The molecule has 0 aromatic heterocycles. The fourth-order valence-electron chi connectivity index (χ4n) is 3.55. The molecule has 4 rings (SSSR count). The first-order valence-electron chi connectivity index (χ1n) is 9.88. The van der Waals surface area contributed by atoms with E-state index in [1.807, 2.05) is 44.2 Å². The van der Waals surface area contributed by atoms with Crippen LogP contribution in [0.5, 0.6) is 0 Å². The highest BCUT2D eigenvalue weighted by molar-refractivity contribution is 9.10. The summed E-state index contributed by atoms with van der Waals surface area (Å²) in [5, 5.41) is 10.3. The van der Waals surface area contributed by atoms with E-state index in [-0.39, 0.29) is 18.2 Å². The van der Waals surface area contributed by atoms with Crippen molar-refractivity contribution in [3.8, 4) is 0 Å². The molecule has 1 N–H and O–H groups in total. The molecule has 0 radical (unpaired) electrons. The van der Waals surface area contributed by atoms with Gasteiger partial charge in [0.25, 0.3) is 11.8 Å². The topological polar surface area (TPSA) is 74.7 Å². The number of halogens is 1. The SMILES string of the molecule is CC.O=C(O)CCCc1ccc(N2C(=O)c3cccc4c(Br)ccc(c34)C2=O)cc1. The van der Waals surface area contributed by atoms with Crippen LogP contribution in [0.2, 0.25) is 0 Å². The van der Waals surface area contributed by atoms with E-state index >= 15 is 0 Å². The molecule has 0 atom stereocenters. The van der Waals surface area contributed by atoms with Gasteiger partial charge in [-0.05, 0) is 54.1 Å². The summed E-state index contributed by atoms with van der Waals surface area (Å²) in [6.45, 7) is 4.00. The Morgan fingerprint density at radius 3 is 2.20 bits per heavy atom. The first kappa shape index (κ1) is 21.7. The van der Waals surface area contributed by atoms with Gasteiger partial charge in [-0.25, -0.2) is 4.90 Å². The van der Waals surface area contributed by atoms with Crippen molar-refractivity contribution in [2.45, 2.75) is 33.1 Å². The van der Waals surface area contributed by atoms with Crippen LogP contribution in [0, 0.1) is 0 Å². The second-order valence-electron chi connectivity index (χ2n) is 6.68. The summed E-state index contributed by atoms with van der Waals surface area (Å²) in [4.78, 5) is 38.0. The first-order chi connectivity index (χ1) is 14.5. The predicted octanol–water partition coefficient (Wildman–Crippen LogP) is 5.84. The van der Waals surface area contributed by atoms with Gasteiger partial charge in [-0.1, -0.05) is 54.0 Å². The van der Waals surface area contributed by atoms with Crippen molar-refractivity contribution in [2.24, 2.45) is 0 Å². The third kappa shape index (κ3) is 4.00. The maximum Gasteiger partial charge on any atom is 0.303 e. The lowest BCUT2D eigenvalue weighted by Crippen LogP contribution is -2.40. The molecule has 5 nitrogen and oxygen atoms in total. The number of carbonyl (C=O) groups is 3. The van der Waals surface area contributed by atoms with Gasteiger partial charge in [-0.3, -0.25) is 14.4 Å². The summed E-state index contributed by atoms with van der Waals surface area (Å²) in [6, 6.07) is 16.1. The molecule has 0 unspecified atom stereocenters. The average Bonchev–Trinajstić information content (AvgIpc) is 2.75. The highest BCUT2D eigenvalue weighted by atomic mass is 79.9. The normalized spacial score (nSPS) is 12.6. The molecule has 6 heteroatoms. The third-order valence-electron chi connectivity index (χ3n) is 4.91. The molecule has 30 heavy (non-hydrogen) atoms. The van der Waals surface area contributed by atoms with Crippen LogP contribution < -0.4 is 4.90 Å². The van der Waals surface area contributed by atoms with Gasteiger partial charge in [0.15, 0.2) is 0 Å². The molecule has 0 saturated heterocycles. The lowest BCUT2D eigenvalue weighted by atomic mass is 9.93. The van der Waals surface area contributed by atoms with Gasteiger partial charge < -0.3 is 5.11 Å². The van der Waals surface area contributed by atoms with Gasteiger partial charge >= 0.3 is 5.97 Å². The van der Waals surface area contributed by atoms with E-state index in [4.69, 9.17) is 5.11 Å². The van der Waals surface area contributed by atoms with E-state index in [0.29, 0.717) is 35.0 Å². The lowest BCUT2D eigenvalue weighted by molar-refractivity contribution is -0.137. The number of nitrogens with zero attached hydrogens (tertiary/aromatic N) is 1. The predicted molar refractivity (Wildman–Crippen MR) is 121 cm³/mol. The number of imide groups is 1. The minimum Gasteiger partial charge on any atom is -0.481 e. The molecule has 2 amide bonds. The van der Waals surface area contributed by atoms with E-state index in [9.17, 15) is 14.4 Å². The summed E-state index contributed by atoms with van der Waals surface area (Å²) in [5.41, 5.74) is 2.47. The quantitative estimate of drug-likeness (QED) is 0.478. The number of benzene rings is 3. The monoisotopic (exact) mass is 467 g/mol. The van der Waals surface area contributed by atoms with E-state index in [2.05, 4.69) is 15.9 Å². The van der Waals surface area contributed by atoms with E-state index in [1.54, 1.807) is 24.3 Å². The molecule has 1 heterocycles. The number of hydrogen-bond acceptors (Lipinski definition) is 3. The van der Waals surface area contributed by atoms with Crippen molar-refractivity contribution in [3.05, 3.63) is 75.8 Å². The zero-order valence-electron chi connectivity index (χ0n) is 16.8. The lowest BCUT2D eigenvalue weighted by Gasteiger charge is -2.27. The number of anilines is 1. The molecule has 0 aliphatic carbocycles. The Kier molecular flexibility index (Phi) is 6.67. The Balaban J connectivity index is 0.00000124. The third-order valence-corrected chi connectivity index (χ3v) is 5.60. The number of carboxylic acid groups (broad SMARTS) is 1. The van der Waals surface area contributed by atoms with Crippen LogP contribution in [0.15, 0.2) is 59.1 Å². The number of aryl methyl sites for hydroxylation is 1. The minimum atomic E-state index is -0.819. The molecule has 3 aromatic rings. The van der Waals surface area contributed by atoms with E-state index in [0.717, 1.165) is 15.4 Å². The highest BCUT2D eigenvalue weighted by Crippen LogP contribution is 2.36. The van der Waals surface area contributed by atoms with Crippen LogP contribution in [-0.4, -0.2) is 22.9 Å². The van der Waals surface area contributed by atoms with Gasteiger partial charge in [0.05, 0.1) is 5.69 Å². The van der Waals surface area contributed by atoms with Crippen molar-refractivity contribution < 1.29 is 19.5 Å². The summed E-state index contributed by atoms with van der Waals surface area (Å²) in [7, 11) is 0. The van der Waals surface area contributed by atoms with Crippen molar-refractivity contribution >= 4 is 50.2 Å². The summed E-state index contributed by atoms with van der Waals surface area (Å²) in [5.74, 6) is -1.51. The Morgan fingerprint density at radius 2 is 1.57 bits per heavy atom. The smallest absolute Gasteiger partial charge is 0.303 e. The number of carboxylic acids is 1. The van der Waals surface area contributed by atoms with Crippen LogP contribution in [0.25, 0.3) is 10.8 Å². The minimum absolute atomic E-state index is 0.112. The number of carbonyl (C=O) groups excluding carboxylic acids is 2. The van der Waals surface area contributed by atoms with Crippen LogP contribution in [-0.2, 0) is 11.2 Å². The van der Waals surface area contributed by atoms with Gasteiger partial charge in [-0.15, -0.1) is 0 Å². The standard InChI is InChI=1S/C22H16BrNO4.C2H6/c23-18-12-11-17-20-15(18)4-2-5-16(20)21(27)24(22(17)28)14-9-7-13(8-10-14)3-1-6-19(25)26;1-2/h2,4-5,7-12H,1,3,6H2,(H,25,26);1-2H3. The zero-order valence-corrected chi connectivity index (χ0v) is 18.4. The van der Waals surface area contributed by atoms with Gasteiger partial charge in [0.2, 0.25) is 0 Å². The second kappa shape index (κ2) is 9.22. The Morgan fingerprint density at radius 1 is 0.933 bits per heavy atom. The number of hydrogen-bond donors (Lipinski definition) is 1. The first-order valence-corrected chi connectivity index (χ1v) is 10.7. The highest BCUT2D eigenvalue weighted by Gasteiger charge is 2.34. The Labute approximate surface area is 183 Å². The summed E-state index contributed by atoms with van der Waals surface area (Å²) < 4.78 is 0.841. The van der Waals surface area contributed by atoms with Crippen LogP contribution in [0.1, 0.15) is 53.0 Å². The summed E-state index contributed by atoms with van der Waals surface area (Å²) >= 11 is 3.48. The van der Waals surface area contributed by atoms with Gasteiger partial charge in [-0.2, -0.15) is 0 Å². The van der Waals surface area contributed by atoms with Crippen molar-refractivity contribution in [2.75, 3.05) is 4.90 Å². The summed E-state index contributed by atoms with van der Waals surface area (Å²) in [6.07, 6.45) is 1.28. The molecular weight excluding hydrogens is 446 g/mol. The van der Waals surface area contributed by atoms with Crippen molar-refractivity contribution in [3.63, 3.8) is 0 Å². The fourth-order valence-corrected chi connectivity index (χ4v) is 4.01. The fraction of sp³-hybridized carbons (Fsp3) is 0.208. The molecular formula is C24H22BrNO4. The second-order valence-corrected chi connectivity index (χ2v) is 7.54. The molecule has 3 aromatic carbocycles. The van der Waals surface area contributed by atoms with Crippen molar-refractivity contribution in [1.29, 1.82) is 0 Å². The van der Waals surface area contributed by atoms with Crippen LogP contribution in [0.4, 0.5) is 5.69 Å². The number of amides is 2. The van der Waals surface area contributed by atoms with Crippen LogP contribution in [0.3, 0.4) is 0 Å². The number of rotatable bonds is 5. The maximum absolute atomic E-state index is 13.1. The number of aliphatic carboxylic acids is 1. The van der Waals surface area contributed by atoms with Crippen molar-refractivity contribution in [1.82, 2.24) is 0 Å². The zero-order chi connectivity index (χ0) is 21.8. The Hall–Kier alpha value is -2.99. The molecule has 1 aliphatic heterocycles. The largest absolute Gasteiger partial charge is 0.481 e. The Bertz CT molecular complexity index is 1100. The van der Waals surface area contributed by atoms with E-state index in [1.165, 1.54) is 4.90 Å². The molecule has 0 spiro atoms. The van der Waals surface area contributed by atoms with Crippen LogP contribution >= 0.6 is 15.9 Å². The van der Waals surface area contributed by atoms with Gasteiger partial charge in [0, 0.05) is 27.4 Å². The molecule has 0 fully saturated rings. The van der Waals surface area contributed by atoms with E-state index < -0.39 is 5.97 Å². The maximum atomic E-state index is 13.1.